The Morgan fingerprint density at radius 1 is 0.787 bits per heavy atom. The number of hydrogen-bond donors (Lipinski definition) is 3. The first kappa shape index (κ1) is 49.0. The number of furan rings is 1. The fraction of sp³-hybridized carbons (Fsp3) is 0.532. The summed E-state index contributed by atoms with van der Waals surface area (Å²) in [5, 5.41) is 17.3. The summed E-state index contributed by atoms with van der Waals surface area (Å²) in [5.41, 5.74) is 1.19. The van der Waals surface area contributed by atoms with Crippen molar-refractivity contribution in [2.45, 2.75) is 104 Å². The van der Waals surface area contributed by atoms with Crippen molar-refractivity contribution in [1.29, 1.82) is 0 Å². The van der Waals surface area contributed by atoms with E-state index in [1.54, 1.807) is 56.3 Å². The largest absolute Gasteiger partial charge is 0.494 e. The molecule has 1 heterocycles. The zero-order valence-corrected chi connectivity index (χ0v) is 37.9. The Balaban J connectivity index is 1.35. The van der Waals surface area contributed by atoms with Crippen LogP contribution in [0.3, 0.4) is 0 Å². The second kappa shape index (κ2) is 23.5. The van der Waals surface area contributed by atoms with Crippen LogP contribution >= 0.6 is 11.6 Å². The van der Waals surface area contributed by atoms with Crippen LogP contribution in [0.1, 0.15) is 97.0 Å². The van der Waals surface area contributed by atoms with Crippen molar-refractivity contribution in [1.82, 2.24) is 20.9 Å². The molecule has 1 aromatic heterocycles. The number of carbonyl (C=O) groups is 2. The van der Waals surface area contributed by atoms with Gasteiger partial charge in [-0.05, 0) is 166 Å². The number of halogens is 1. The van der Waals surface area contributed by atoms with Crippen molar-refractivity contribution in [2.75, 3.05) is 52.5 Å². The van der Waals surface area contributed by atoms with Gasteiger partial charge < -0.3 is 34.7 Å². The second-order valence-corrected chi connectivity index (χ2v) is 17.2. The Morgan fingerprint density at radius 2 is 1.34 bits per heavy atom. The zero-order valence-electron chi connectivity index (χ0n) is 37.1. The molecule has 0 saturated heterocycles. The van der Waals surface area contributed by atoms with Gasteiger partial charge in [0.15, 0.2) is 12.4 Å². The molecule has 61 heavy (non-hydrogen) atoms. The smallest absolute Gasteiger partial charge is 0.257 e. The average Bonchev–Trinajstić information content (AvgIpc) is 3.63. The van der Waals surface area contributed by atoms with E-state index in [1.165, 1.54) is 0 Å². The van der Waals surface area contributed by atoms with Gasteiger partial charge in [0.2, 0.25) is 0 Å². The number of nitrogens with zero attached hydrogens (tertiary/aromatic N) is 3. The SMILES string of the molecule is CCN(CC)CCCOc1ccc(-c2oc3ccc(Cl)cc3c2C(=O)c2ccc(OCC(=O)NCCC(CCNC(C)(C)C(C)N=O)CCNC(C)(C)C(C)N=O)cc2)cc1. The summed E-state index contributed by atoms with van der Waals surface area (Å²) < 4.78 is 18.1. The molecule has 4 aromatic rings. The lowest BCUT2D eigenvalue weighted by molar-refractivity contribution is -0.123. The number of fused-ring (bicyclic) bond motifs is 1. The summed E-state index contributed by atoms with van der Waals surface area (Å²) in [7, 11) is 0. The third-order valence-corrected chi connectivity index (χ3v) is 12.0. The molecule has 332 valence electrons. The minimum absolute atomic E-state index is 0.193. The first-order valence-corrected chi connectivity index (χ1v) is 21.9. The van der Waals surface area contributed by atoms with Gasteiger partial charge >= 0.3 is 0 Å². The van der Waals surface area contributed by atoms with Crippen LogP contribution in [0.25, 0.3) is 22.3 Å². The molecule has 0 saturated carbocycles. The molecule has 0 bridgehead atoms. The van der Waals surface area contributed by atoms with Gasteiger partial charge in [0, 0.05) is 45.7 Å². The molecular weight excluding hydrogens is 796 g/mol. The van der Waals surface area contributed by atoms with Crippen molar-refractivity contribution >= 4 is 34.3 Å². The predicted molar refractivity (Wildman–Crippen MR) is 245 cm³/mol. The number of ether oxygens (including phenoxy) is 2. The molecule has 1 amide bonds. The Kier molecular flexibility index (Phi) is 18.9. The van der Waals surface area contributed by atoms with E-state index < -0.39 is 23.2 Å². The average molecular weight is 862 g/mol. The lowest BCUT2D eigenvalue weighted by Gasteiger charge is -2.31. The van der Waals surface area contributed by atoms with Crippen LogP contribution in [0.15, 0.2) is 81.5 Å². The fourth-order valence-corrected chi connectivity index (χ4v) is 7.04. The van der Waals surface area contributed by atoms with E-state index >= 15 is 0 Å². The highest BCUT2D eigenvalue weighted by Crippen LogP contribution is 2.37. The van der Waals surface area contributed by atoms with Crippen LogP contribution in [0, 0.1) is 15.7 Å². The molecule has 4 rings (SSSR count). The first-order valence-electron chi connectivity index (χ1n) is 21.5. The van der Waals surface area contributed by atoms with Gasteiger partial charge in [0.05, 0.1) is 12.2 Å². The van der Waals surface area contributed by atoms with Crippen LogP contribution in [-0.2, 0) is 4.79 Å². The maximum absolute atomic E-state index is 14.2. The summed E-state index contributed by atoms with van der Waals surface area (Å²) >= 11 is 6.39. The summed E-state index contributed by atoms with van der Waals surface area (Å²) in [6.45, 7) is 20.9. The number of rotatable bonds is 28. The van der Waals surface area contributed by atoms with E-state index in [9.17, 15) is 19.4 Å². The molecule has 0 aliphatic heterocycles. The number of nitrogens with one attached hydrogen (secondary N) is 3. The topological polar surface area (TPSA) is 164 Å². The van der Waals surface area contributed by atoms with E-state index in [0.29, 0.717) is 64.9 Å². The number of amides is 1. The summed E-state index contributed by atoms with van der Waals surface area (Å²) in [6, 6.07) is 18.7. The van der Waals surface area contributed by atoms with Gasteiger partial charge in [-0.25, -0.2) is 0 Å². The third kappa shape index (κ3) is 14.4. The Labute approximate surface area is 366 Å². The minimum Gasteiger partial charge on any atom is -0.494 e. The molecule has 14 heteroatoms. The number of hydrogen-bond acceptors (Lipinski definition) is 12. The van der Waals surface area contributed by atoms with Crippen LogP contribution < -0.4 is 25.4 Å². The zero-order chi connectivity index (χ0) is 44.6. The van der Waals surface area contributed by atoms with E-state index in [4.69, 9.17) is 25.5 Å². The Hall–Kier alpha value is -4.69. The van der Waals surface area contributed by atoms with Crippen LogP contribution in [-0.4, -0.2) is 92.2 Å². The third-order valence-electron chi connectivity index (χ3n) is 11.8. The maximum atomic E-state index is 14.2. The number of nitroso groups, excluding NO2 is 2. The van der Waals surface area contributed by atoms with E-state index in [2.05, 4.69) is 45.1 Å². The molecule has 0 aliphatic rings. The Bertz CT molecular complexity index is 1980. The lowest BCUT2D eigenvalue weighted by atomic mass is 9.92. The second-order valence-electron chi connectivity index (χ2n) is 16.8. The number of carbonyl (C=O) groups excluding carboxylic acids is 2. The highest BCUT2D eigenvalue weighted by Gasteiger charge is 2.28. The van der Waals surface area contributed by atoms with Crippen molar-refractivity contribution in [2.24, 2.45) is 16.3 Å². The monoisotopic (exact) mass is 860 g/mol. The van der Waals surface area contributed by atoms with Crippen molar-refractivity contribution < 1.29 is 23.5 Å². The lowest BCUT2D eigenvalue weighted by Crippen LogP contribution is -2.48. The standard InChI is InChI=1S/C47H65ClN6O7/c1-9-54(10-2)28-11-29-59-38-19-14-36(15-20-38)45-43(40-30-37(48)16-21-41(40)61-45)44(56)35-12-17-39(18-13-35)60-31-42(55)49-25-22-34(23-26-50-46(5,6)32(3)52-57)24-27-51-47(7,8)33(4)53-58/h12-21,30,32-34,50-51H,9-11,22-29,31H2,1-8H3,(H,49,55). The molecule has 3 N–H and O–H groups in total. The molecule has 0 fully saturated rings. The normalized spacial score (nSPS) is 13.5. The molecule has 3 aromatic carbocycles. The van der Waals surface area contributed by atoms with Gasteiger partial charge in [-0.2, -0.15) is 9.81 Å². The van der Waals surface area contributed by atoms with E-state index in [0.717, 1.165) is 56.6 Å². The summed E-state index contributed by atoms with van der Waals surface area (Å²) in [4.78, 5) is 51.7. The molecule has 2 atom stereocenters. The van der Waals surface area contributed by atoms with Crippen LogP contribution in [0.5, 0.6) is 11.5 Å². The van der Waals surface area contributed by atoms with Gasteiger partial charge in [-0.15, -0.1) is 0 Å². The van der Waals surface area contributed by atoms with Gasteiger partial charge in [0.1, 0.15) is 34.9 Å². The minimum atomic E-state index is -0.451. The molecule has 2 unspecified atom stereocenters. The molecule has 0 aliphatic carbocycles. The quantitative estimate of drug-likeness (QED) is 0.0285. The van der Waals surface area contributed by atoms with E-state index in [1.807, 2.05) is 52.0 Å². The number of ketones is 1. The molecule has 13 nitrogen and oxygen atoms in total. The highest BCUT2D eigenvalue weighted by atomic mass is 35.5. The summed E-state index contributed by atoms with van der Waals surface area (Å²) in [5.74, 6) is 1.35. The van der Waals surface area contributed by atoms with Crippen molar-refractivity contribution in [3.63, 3.8) is 0 Å². The van der Waals surface area contributed by atoms with Gasteiger partial charge in [-0.3, -0.25) is 9.59 Å². The van der Waals surface area contributed by atoms with Gasteiger partial charge in [-0.1, -0.05) is 35.8 Å². The first-order chi connectivity index (χ1) is 29.1. The highest BCUT2D eigenvalue weighted by molar-refractivity contribution is 6.32. The molecule has 0 radical (unpaired) electrons. The molecule has 0 spiro atoms. The van der Waals surface area contributed by atoms with Crippen molar-refractivity contribution in [3.8, 4) is 22.8 Å². The van der Waals surface area contributed by atoms with E-state index in [-0.39, 0.29) is 24.2 Å². The van der Waals surface area contributed by atoms with Gasteiger partial charge in [0.25, 0.3) is 5.91 Å². The summed E-state index contributed by atoms with van der Waals surface area (Å²) in [6.07, 6.45) is 3.28. The van der Waals surface area contributed by atoms with Crippen molar-refractivity contribution in [3.05, 3.63) is 92.7 Å². The predicted octanol–water partition coefficient (Wildman–Crippen LogP) is 9.42. The van der Waals surface area contributed by atoms with Crippen LogP contribution in [0.2, 0.25) is 5.02 Å². The molecular formula is C47H65ClN6O7. The maximum Gasteiger partial charge on any atom is 0.257 e. The number of benzene rings is 3. The fourth-order valence-electron chi connectivity index (χ4n) is 6.87. The van der Waals surface area contributed by atoms with Crippen LogP contribution in [0.4, 0.5) is 0 Å². The Morgan fingerprint density at radius 3 is 1.92 bits per heavy atom.